The first kappa shape index (κ1) is 9.34. The van der Waals surface area contributed by atoms with Crippen LogP contribution in [0, 0.1) is 0 Å². The zero-order valence-electron chi connectivity index (χ0n) is 7.56. The van der Waals surface area contributed by atoms with Gasteiger partial charge < -0.3 is 5.11 Å². The summed E-state index contributed by atoms with van der Waals surface area (Å²) >= 11 is 1.78. The summed E-state index contributed by atoms with van der Waals surface area (Å²) in [5, 5.41) is 8.65. The predicted octanol–water partition coefficient (Wildman–Crippen LogP) is 2.43. The molecule has 1 aliphatic heterocycles. The van der Waals surface area contributed by atoms with Gasteiger partial charge in [0, 0.05) is 10.6 Å². The predicted molar refractivity (Wildman–Crippen MR) is 57.5 cm³/mol. The summed E-state index contributed by atoms with van der Waals surface area (Å²) in [5.41, 5.74) is 2.00. The molecule has 2 nitrogen and oxygen atoms in total. The largest absolute Gasteiger partial charge is 0.481 e. The van der Waals surface area contributed by atoms with Crippen LogP contribution in [-0.2, 0) is 11.2 Å². The molecular formula is C11H10O2S. The zero-order chi connectivity index (χ0) is 9.97. The van der Waals surface area contributed by atoms with Gasteiger partial charge >= 0.3 is 5.97 Å². The molecular weight excluding hydrogens is 196 g/mol. The van der Waals surface area contributed by atoms with Gasteiger partial charge in [-0.05, 0) is 17.2 Å². The minimum Gasteiger partial charge on any atom is -0.481 e. The number of hydrogen-bond acceptors (Lipinski definition) is 2. The molecule has 0 radical (unpaired) electrons. The topological polar surface area (TPSA) is 37.3 Å². The first-order valence-electron chi connectivity index (χ1n) is 4.40. The van der Waals surface area contributed by atoms with Crippen molar-refractivity contribution < 1.29 is 9.90 Å². The Morgan fingerprint density at radius 3 is 3.14 bits per heavy atom. The van der Waals surface area contributed by atoms with E-state index in [1.165, 1.54) is 4.90 Å². The zero-order valence-corrected chi connectivity index (χ0v) is 8.38. The minimum atomic E-state index is -0.780. The van der Waals surface area contributed by atoms with E-state index in [4.69, 9.17) is 5.11 Å². The summed E-state index contributed by atoms with van der Waals surface area (Å²) in [6, 6.07) is 5.84. The number of carboxylic acid groups (broad SMARTS) is 1. The van der Waals surface area contributed by atoms with Crippen molar-refractivity contribution in [2.75, 3.05) is 5.75 Å². The first-order chi connectivity index (χ1) is 6.75. The third kappa shape index (κ3) is 1.99. The van der Waals surface area contributed by atoms with Gasteiger partial charge in [0.2, 0.25) is 0 Å². The fourth-order valence-electron chi connectivity index (χ4n) is 1.46. The molecule has 0 fully saturated rings. The molecule has 0 saturated carbocycles. The fourth-order valence-corrected chi connectivity index (χ4v) is 2.29. The highest BCUT2D eigenvalue weighted by Gasteiger charge is 2.07. The smallest absolute Gasteiger partial charge is 0.307 e. The molecule has 1 aromatic carbocycles. The van der Waals surface area contributed by atoms with E-state index < -0.39 is 5.97 Å². The maximum absolute atomic E-state index is 10.5. The number of carbonyl (C=O) groups is 1. The van der Waals surface area contributed by atoms with Gasteiger partial charge in [-0.1, -0.05) is 24.3 Å². The Balaban J connectivity index is 2.30. The van der Waals surface area contributed by atoms with Crippen LogP contribution in [0.4, 0.5) is 0 Å². The van der Waals surface area contributed by atoms with Crippen LogP contribution in [0.25, 0.3) is 6.08 Å². The van der Waals surface area contributed by atoms with Crippen molar-refractivity contribution in [3.05, 3.63) is 35.4 Å². The van der Waals surface area contributed by atoms with Gasteiger partial charge in [-0.3, -0.25) is 4.79 Å². The summed E-state index contributed by atoms with van der Waals surface area (Å²) in [4.78, 5) is 11.8. The van der Waals surface area contributed by atoms with Gasteiger partial charge in [0.1, 0.15) is 0 Å². The molecule has 1 N–H and O–H groups in total. The second-order valence-corrected chi connectivity index (χ2v) is 4.22. The van der Waals surface area contributed by atoms with Crippen molar-refractivity contribution in [1.82, 2.24) is 0 Å². The molecule has 0 unspecified atom stereocenters. The average Bonchev–Trinajstić information content (AvgIpc) is 2.17. The quantitative estimate of drug-likeness (QED) is 0.807. The number of aliphatic carboxylic acids is 1. The lowest BCUT2D eigenvalue weighted by molar-refractivity contribution is -0.136. The van der Waals surface area contributed by atoms with Crippen molar-refractivity contribution in [3.8, 4) is 0 Å². The molecule has 1 heterocycles. The van der Waals surface area contributed by atoms with Crippen LogP contribution in [0.15, 0.2) is 29.2 Å². The number of benzene rings is 1. The molecule has 0 saturated heterocycles. The number of rotatable bonds is 2. The van der Waals surface area contributed by atoms with E-state index in [1.807, 2.05) is 18.2 Å². The van der Waals surface area contributed by atoms with Crippen LogP contribution in [0.1, 0.15) is 11.1 Å². The summed E-state index contributed by atoms with van der Waals surface area (Å²) in [5.74, 6) is 0.225. The van der Waals surface area contributed by atoms with Crippen molar-refractivity contribution >= 4 is 23.8 Å². The molecule has 0 amide bonds. The van der Waals surface area contributed by atoms with Crippen molar-refractivity contribution in [2.24, 2.45) is 0 Å². The van der Waals surface area contributed by atoms with Gasteiger partial charge in [-0.15, -0.1) is 11.8 Å². The number of fused-ring (bicyclic) bond motifs is 1. The lowest BCUT2D eigenvalue weighted by Gasteiger charge is -2.10. The van der Waals surface area contributed by atoms with E-state index in [2.05, 4.69) is 12.2 Å². The molecule has 0 spiro atoms. The van der Waals surface area contributed by atoms with E-state index in [1.54, 1.807) is 11.8 Å². The van der Waals surface area contributed by atoms with E-state index in [0.29, 0.717) is 0 Å². The number of thioether (sulfide) groups is 1. The van der Waals surface area contributed by atoms with E-state index in [-0.39, 0.29) is 6.42 Å². The van der Waals surface area contributed by atoms with Crippen LogP contribution in [-0.4, -0.2) is 16.8 Å². The van der Waals surface area contributed by atoms with Gasteiger partial charge in [-0.25, -0.2) is 0 Å². The van der Waals surface area contributed by atoms with Crippen LogP contribution in [0.5, 0.6) is 0 Å². The second kappa shape index (κ2) is 3.88. The Kier molecular flexibility index (Phi) is 2.59. The molecule has 72 valence electrons. The fraction of sp³-hybridized carbons (Fsp3) is 0.182. The molecule has 1 aromatic rings. The second-order valence-electron chi connectivity index (χ2n) is 3.16. The van der Waals surface area contributed by atoms with Crippen molar-refractivity contribution in [1.29, 1.82) is 0 Å². The van der Waals surface area contributed by atoms with Gasteiger partial charge in [0.15, 0.2) is 0 Å². The van der Waals surface area contributed by atoms with Crippen molar-refractivity contribution in [2.45, 2.75) is 11.3 Å². The standard InChI is InChI=1S/C11H10O2S/c12-11(13)7-8-3-4-10-9(6-8)2-1-5-14-10/h1-4,6H,5,7H2,(H,12,13). The highest BCUT2D eigenvalue weighted by atomic mass is 32.2. The minimum absolute atomic E-state index is 0.103. The highest BCUT2D eigenvalue weighted by molar-refractivity contribution is 7.99. The Labute approximate surface area is 86.6 Å². The lowest BCUT2D eigenvalue weighted by atomic mass is 10.1. The van der Waals surface area contributed by atoms with E-state index >= 15 is 0 Å². The first-order valence-corrected chi connectivity index (χ1v) is 5.38. The van der Waals surface area contributed by atoms with E-state index in [0.717, 1.165) is 16.9 Å². The van der Waals surface area contributed by atoms with Crippen LogP contribution in [0.2, 0.25) is 0 Å². The van der Waals surface area contributed by atoms with Crippen LogP contribution in [0.3, 0.4) is 0 Å². The average molecular weight is 206 g/mol. The number of hydrogen-bond donors (Lipinski definition) is 1. The molecule has 1 aliphatic rings. The monoisotopic (exact) mass is 206 g/mol. The summed E-state index contributed by atoms with van der Waals surface area (Å²) < 4.78 is 0. The molecule has 2 rings (SSSR count). The molecule has 14 heavy (non-hydrogen) atoms. The molecule has 0 aliphatic carbocycles. The van der Waals surface area contributed by atoms with E-state index in [9.17, 15) is 4.79 Å². The normalized spacial score (nSPS) is 13.7. The SMILES string of the molecule is O=C(O)Cc1ccc2c(c1)C=CCS2. The highest BCUT2D eigenvalue weighted by Crippen LogP contribution is 2.28. The van der Waals surface area contributed by atoms with Crippen LogP contribution >= 0.6 is 11.8 Å². The maximum atomic E-state index is 10.5. The molecule has 0 aromatic heterocycles. The molecule has 0 bridgehead atoms. The summed E-state index contributed by atoms with van der Waals surface area (Å²) in [7, 11) is 0. The molecule has 3 heteroatoms. The van der Waals surface area contributed by atoms with Gasteiger partial charge in [0.25, 0.3) is 0 Å². The number of carboxylic acids is 1. The van der Waals surface area contributed by atoms with Gasteiger partial charge in [0.05, 0.1) is 6.42 Å². The third-order valence-corrected chi connectivity index (χ3v) is 3.10. The lowest BCUT2D eigenvalue weighted by Crippen LogP contribution is -2.00. The summed E-state index contributed by atoms with van der Waals surface area (Å²) in [6.07, 6.45) is 4.25. The summed E-state index contributed by atoms with van der Waals surface area (Å²) in [6.45, 7) is 0. The van der Waals surface area contributed by atoms with Crippen molar-refractivity contribution in [3.63, 3.8) is 0 Å². The maximum Gasteiger partial charge on any atom is 0.307 e. The Morgan fingerprint density at radius 1 is 1.50 bits per heavy atom. The van der Waals surface area contributed by atoms with Crippen LogP contribution < -0.4 is 0 Å². The van der Waals surface area contributed by atoms with Gasteiger partial charge in [-0.2, -0.15) is 0 Å². The Bertz CT molecular complexity index is 396. The third-order valence-electron chi connectivity index (χ3n) is 2.06. The Morgan fingerprint density at radius 2 is 2.36 bits per heavy atom. The molecule has 0 atom stereocenters. The Hall–Kier alpha value is -1.22.